The molecular formula is C20H24N4O3S. The molecular weight excluding hydrogens is 376 g/mol. The Morgan fingerprint density at radius 1 is 1.32 bits per heavy atom. The van der Waals surface area contributed by atoms with Crippen LogP contribution in [0.3, 0.4) is 0 Å². The summed E-state index contributed by atoms with van der Waals surface area (Å²) in [5.74, 6) is -0.887. The number of rotatable bonds is 6. The van der Waals surface area contributed by atoms with Gasteiger partial charge in [0.2, 0.25) is 0 Å². The molecule has 0 aliphatic carbocycles. The van der Waals surface area contributed by atoms with Gasteiger partial charge in [-0.3, -0.25) is 9.59 Å². The number of carbonyl (C=O) groups excluding carboxylic acids is 2. The van der Waals surface area contributed by atoms with E-state index < -0.39 is 17.7 Å². The fourth-order valence-corrected chi connectivity index (χ4v) is 4.22. The van der Waals surface area contributed by atoms with Crippen molar-refractivity contribution >= 4 is 28.8 Å². The van der Waals surface area contributed by atoms with Crippen molar-refractivity contribution in [2.45, 2.75) is 26.3 Å². The van der Waals surface area contributed by atoms with Gasteiger partial charge in [-0.25, -0.2) is 9.97 Å². The highest BCUT2D eigenvalue weighted by atomic mass is 32.1. The number of carbonyl (C=O) groups is 2. The molecule has 1 atom stereocenters. The van der Waals surface area contributed by atoms with Crippen LogP contribution in [0.15, 0.2) is 29.3 Å². The van der Waals surface area contributed by atoms with Gasteiger partial charge in [0.25, 0.3) is 11.7 Å². The lowest BCUT2D eigenvalue weighted by molar-refractivity contribution is -0.139. The van der Waals surface area contributed by atoms with E-state index in [1.165, 1.54) is 17.5 Å². The van der Waals surface area contributed by atoms with Crippen molar-refractivity contribution in [2.75, 3.05) is 27.2 Å². The normalized spacial score (nSPS) is 19.0. The van der Waals surface area contributed by atoms with Gasteiger partial charge < -0.3 is 14.9 Å². The smallest absolute Gasteiger partial charge is 0.295 e. The maximum atomic E-state index is 12.9. The van der Waals surface area contributed by atoms with Gasteiger partial charge in [-0.15, -0.1) is 11.3 Å². The molecule has 1 fully saturated rings. The summed E-state index contributed by atoms with van der Waals surface area (Å²) in [6.07, 6.45) is 2.23. The summed E-state index contributed by atoms with van der Waals surface area (Å²) < 4.78 is 0. The van der Waals surface area contributed by atoms with Crippen molar-refractivity contribution in [3.8, 4) is 0 Å². The number of thiophene rings is 1. The fourth-order valence-electron chi connectivity index (χ4n) is 3.37. The second-order valence-electron chi connectivity index (χ2n) is 7.08. The average molecular weight is 401 g/mol. The van der Waals surface area contributed by atoms with E-state index in [4.69, 9.17) is 0 Å². The molecule has 1 N–H and O–H groups in total. The summed E-state index contributed by atoms with van der Waals surface area (Å²) in [5.41, 5.74) is 1.04. The lowest BCUT2D eigenvalue weighted by atomic mass is 10.00. The van der Waals surface area contributed by atoms with Crippen molar-refractivity contribution in [1.82, 2.24) is 19.8 Å². The number of aryl methyl sites for hydroxylation is 2. The standard InChI is InChI=1S/C20H24N4O3S/c1-12-14(11-21-13(2)22-12)18(25)16-17(15-7-5-10-28-15)24(20(27)19(16)26)9-6-8-23(3)4/h5,7,10-11,17,25H,6,8-9H2,1-4H3. The van der Waals surface area contributed by atoms with Gasteiger partial charge in [0.15, 0.2) is 0 Å². The summed E-state index contributed by atoms with van der Waals surface area (Å²) in [4.78, 5) is 38.5. The number of aliphatic hydroxyl groups is 1. The molecule has 3 rings (SSSR count). The number of nitrogens with zero attached hydrogens (tertiary/aromatic N) is 4. The third-order valence-corrected chi connectivity index (χ3v) is 5.64. The molecule has 0 radical (unpaired) electrons. The monoisotopic (exact) mass is 400 g/mol. The molecule has 148 valence electrons. The van der Waals surface area contributed by atoms with Gasteiger partial charge in [-0.2, -0.15) is 0 Å². The molecule has 28 heavy (non-hydrogen) atoms. The molecule has 1 unspecified atom stereocenters. The van der Waals surface area contributed by atoms with Crippen LogP contribution in [-0.4, -0.2) is 63.7 Å². The maximum absolute atomic E-state index is 12.9. The molecule has 8 heteroatoms. The van der Waals surface area contributed by atoms with E-state index in [1.54, 1.807) is 18.7 Å². The Balaban J connectivity index is 2.07. The number of Topliss-reactive ketones (excluding diaryl/α,β-unsaturated/α-hetero) is 1. The number of aliphatic hydroxyl groups excluding tert-OH is 1. The molecule has 0 aromatic carbocycles. The fraction of sp³-hybridized carbons (Fsp3) is 0.400. The van der Waals surface area contributed by atoms with Crippen molar-refractivity contribution < 1.29 is 14.7 Å². The third kappa shape index (κ3) is 3.83. The molecule has 1 saturated heterocycles. The quantitative estimate of drug-likeness (QED) is 0.456. The van der Waals surface area contributed by atoms with Crippen LogP contribution in [0.2, 0.25) is 0 Å². The van der Waals surface area contributed by atoms with Crippen LogP contribution < -0.4 is 0 Å². The molecule has 0 saturated carbocycles. The molecule has 2 aromatic heterocycles. The van der Waals surface area contributed by atoms with Crippen LogP contribution in [0.5, 0.6) is 0 Å². The molecule has 0 bridgehead atoms. The van der Waals surface area contributed by atoms with Crippen molar-refractivity contribution in [2.24, 2.45) is 0 Å². The largest absolute Gasteiger partial charge is 0.507 e. The van der Waals surface area contributed by atoms with E-state index in [9.17, 15) is 14.7 Å². The minimum atomic E-state index is -0.666. The highest BCUT2D eigenvalue weighted by molar-refractivity contribution is 7.10. The first kappa shape index (κ1) is 20.2. The molecule has 1 aliphatic heterocycles. The Hall–Kier alpha value is -2.58. The van der Waals surface area contributed by atoms with Gasteiger partial charge >= 0.3 is 0 Å². The number of ketones is 1. The first-order chi connectivity index (χ1) is 13.3. The van der Waals surface area contributed by atoms with Gasteiger partial charge in [-0.05, 0) is 52.4 Å². The number of amides is 1. The number of aromatic nitrogens is 2. The summed E-state index contributed by atoms with van der Waals surface area (Å²) in [6.45, 7) is 4.74. The van der Waals surface area contributed by atoms with E-state index in [2.05, 4.69) is 9.97 Å². The minimum Gasteiger partial charge on any atom is -0.507 e. The Morgan fingerprint density at radius 3 is 2.68 bits per heavy atom. The summed E-state index contributed by atoms with van der Waals surface area (Å²) in [7, 11) is 3.93. The molecule has 7 nitrogen and oxygen atoms in total. The second kappa shape index (κ2) is 8.20. The summed E-state index contributed by atoms with van der Waals surface area (Å²) in [5, 5.41) is 12.9. The Bertz CT molecular complexity index is 922. The number of hydrogen-bond acceptors (Lipinski definition) is 7. The second-order valence-corrected chi connectivity index (χ2v) is 8.06. The van der Waals surface area contributed by atoms with Crippen LogP contribution in [0.25, 0.3) is 5.76 Å². The predicted octanol–water partition coefficient (Wildman–Crippen LogP) is 2.53. The van der Waals surface area contributed by atoms with E-state index >= 15 is 0 Å². The number of hydrogen-bond donors (Lipinski definition) is 1. The molecule has 1 aliphatic rings. The van der Waals surface area contributed by atoms with E-state index in [-0.39, 0.29) is 11.3 Å². The highest BCUT2D eigenvalue weighted by Crippen LogP contribution is 2.41. The zero-order valence-corrected chi connectivity index (χ0v) is 17.3. The Kier molecular flexibility index (Phi) is 5.90. The predicted molar refractivity (Wildman–Crippen MR) is 108 cm³/mol. The maximum Gasteiger partial charge on any atom is 0.295 e. The molecule has 2 aromatic rings. The van der Waals surface area contributed by atoms with E-state index in [0.717, 1.165) is 17.8 Å². The molecule has 1 amide bonds. The SMILES string of the molecule is Cc1ncc(C(O)=C2C(=O)C(=O)N(CCCN(C)C)C2c2cccs2)c(C)n1. The summed E-state index contributed by atoms with van der Waals surface area (Å²) in [6, 6.07) is 3.16. The lowest BCUT2D eigenvalue weighted by Crippen LogP contribution is -2.32. The molecule has 0 spiro atoms. The van der Waals surface area contributed by atoms with Crippen LogP contribution in [0, 0.1) is 13.8 Å². The topological polar surface area (TPSA) is 86.6 Å². The van der Waals surface area contributed by atoms with Gasteiger partial charge in [0.05, 0.1) is 22.9 Å². The van der Waals surface area contributed by atoms with Gasteiger partial charge in [0, 0.05) is 17.6 Å². The van der Waals surface area contributed by atoms with E-state index in [1.807, 2.05) is 36.5 Å². The first-order valence-corrected chi connectivity index (χ1v) is 9.96. The highest BCUT2D eigenvalue weighted by Gasteiger charge is 2.46. The summed E-state index contributed by atoms with van der Waals surface area (Å²) >= 11 is 1.46. The van der Waals surface area contributed by atoms with Crippen molar-refractivity contribution in [3.63, 3.8) is 0 Å². The third-order valence-electron chi connectivity index (χ3n) is 4.71. The average Bonchev–Trinajstić information content (AvgIpc) is 3.23. The zero-order valence-electron chi connectivity index (χ0n) is 16.5. The van der Waals surface area contributed by atoms with Crippen molar-refractivity contribution in [1.29, 1.82) is 0 Å². The first-order valence-electron chi connectivity index (χ1n) is 9.08. The zero-order chi connectivity index (χ0) is 20.4. The van der Waals surface area contributed by atoms with Crippen LogP contribution in [0.1, 0.15) is 34.4 Å². The number of likely N-dealkylation sites (tertiary alicyclic amines) is 1. The molecule has 3 heterocycles. The van der Waals surface area contributed by atoms with Gasteiger partial charge in [-0.1, -0.05) is 6.07 Å². The Morgan fingerprint density at radius 2 is 2.07 bits per heavy atom. The van der Waals surface area contributed by atoms with Crippen LogP contribution >= 0.6 is 11.3 Å². The Labute approximate surface area is 168 Å². The minimum absolute atomic E-state index is 0.104. The van der Waals surface area contributed by atoms with Crippen molar-refractivity contribution in [3.05, 3.63) is 51.2 Å². The lowest BCUT2D eigenvalue weighted by Gasteiger charge is -2.24. The van der Waals surface area contributed by atoms with E-state index in [0.29, 0.717) is 23.6 Å². The van der Waals surface area contributed by atoms with Crippen LogP contribution in [0.4, 0.5) is 0 Å². The van der Waals surface area contributed by atoms with Gasteiger partial charge in [0.1, 0.15) is 11.6 Å². The van der Waals surface area contributed by atoms with Crippen LogP contribution in [-0.2, 0) is 9.59 Å².